The lowest BCUT2D eigenvalue weighted by molar-refractivity contribution is -0.117. The second-order valence-electron chi connectivity index (χ2n) is 7.84. The lowest BCUT2D eigenvalue weighted by Gasteiger charge is -2.36. The van der Waals surface area contributed by atoms with E-state index < -0.39 is 39.9 Å². The first-order valence-electron chi connectivity index (χ1n) is 9.53. The summed E-state index contributed by atoms with van der Waals surface area (Å²) >= 11 is 30.8. The molecule has 2 fully saturated rings. The van der Waals surface area contributed by atoms with Gasteiger partial charge >= 0.3 is 0 Å². The van der Waals surface area contributed by atoms with Crippen molar-refractivity contribution in [1.29, 1.82) is 0 Å². The van der Waals surface area contributed by atoms with Gasteiger partial charge in [0.1, 0.15) is 4.33 Å². The van der Waals surface area contributed by atoms with Gasteiger partial charge in [0, 0.05) is 28.1 Å². The number of alkyl halides is 4. The Balaban J connectivity index is 1.49. The van der Waals surface area contributed by atoms with Crippen LogP contribution in [0.4, 0.5) is 14.5 Å². The third-order valence-corrected chi connectivity index (χ3v) is 7.35. The first-order chi connectivity index (χ1) is 14.9. The summed E-state index contributed by atoms with van der Waals surface area (Å²) in [7, 11) is 0. The number of amides is 2. The van der Waals surface area contributed by atoms with Crippen LogP contribution in [0.2, 0.25) is 15.1 Å². The molecule has 2 aromatic rings. The Morgan fingerprint density at radius 1 is 1.00 bits per heavy atom. The average Bonchev–Trinajstić information content (AvgIpc) is 3.28. The van der Waals surface area contributed by atoms with Crippen molar-refractivity contribution >= 4 is 75.5 Å². The molecule has 0 spiro atoms. The van der Waals surface area contributed by atoms with Crippen LogP contribution in [0.5, 0.6) is 0 Å². The Morgan fingerprint density at radius 3 is 2.22 bits per heavy atom. The molecular formula is C21H15Cl5F2N2O2. The molecule has 32 heavy (non-hydrogen) atoms. The minimum absolute atomic E-state index is 0.0378. The molecule has 0 aromatic heterocycles. The van der Waals surface area contributed by atoms with Crippen molar-refractivity contribution < 1.29 is 18.4 Å². The monoisotopic (exact) mass is 540 g/mol. The van der Waals surface area contributed by atoms with Crippen molar-refractivity contribution in [3.63, 3.8) is 0 Å². The normalized spacial score (nSPS) is 24.9. The minimum atomic E-state index is -2.94. The summed E-state index contributed by atoms with van der Waals surface area (Å²) in [5, 5.41) is 5.75. The van der Waals surface area contributed by atoms with E-state index in [1.54, 1.807) is 18.2 Å². The topological polar surface area (TPSA) is 58.2 Å². The number of carbonyl (C=O) groups excluding carboxylic acids is 2. The predicted octanol–water partition coefficient (Wildman–Crippen LogP) is 6.70. The van der Waals surface area contributed by atoms with Crippen molar-refractivity contribution in [1.82, 2.24) is 5.32 Å². The van der Waals surface area contributed by atoms with E-state index in [1.807, 2.05) is 0 Å². The van der Waals surface area contributed by atoms with Crippen LogP contribution in [0.15, 0.2) is 36.4 Å². The molecule has 0 radical (unpaired) electrons. The molecular weight excluding hydrogens is 528 g/mol. The maximum absolute atomic E-state index is 13.5. The van der Waals surface area contributed by atoms with Crippen molar-refractivity contribution in [2.75, 3.05) is 5.32 Å². The number of carbonyl (C=O) groups is 2. The molecule has 0 saturated heterocycles. The zero-order valence-electron chi connectivity index (χ0n) is 16.1. The van der Waals surface area contributed by atoms with E-state index >= 15 is 0 Å². The Bertz CT molecular complexity index is 1090. The fourth-order valence-corrected chi connectivity index (χ4v) is 5.31. The maximum atomic E-state index is 13.5. The lowest BCUT2D eigenvalue weighted by Crippen LogP contribution is -2.55. The van der Waals surface area contributed by atoms with Crippen molar-refractivity contribution in [3.05, 3.63) is 62.6 Å². The number of hydrogen-bond acceptors (Lipinski definition) is 2. The second-order valence-corrected chi connectivity index (χ2v) is 10.6. The highest BCUT2D eigenvalue weighted by Crippen LogP contribution is 2.65. The number of benzene rings is 2. The third kappa shape index (κ3) is 4.53. The third-order valence-electron chi connectivity index (χ3n) is 5.64. The van der Waals surface area contributed by atoms with Gasteiger partial charge in [0.05, 0.1) is 22.5 Å². The van der Waals surface area contributed by atoms with Crippen LogP contribution in [-0.2, 0) is 4.79 Å². The quantitative estimate of drug-likeness (QED) is 0.413. The van der Waals surface area contributed by atoms with Gasteiger partial charge in [-0.2, -0.15) is 0 Å². The summed E-state index contributed by atoms with van der Waals surface area (Å²) in [5.74, 6) is -5.53. The van der Waals surface area contributed by atoms with Crippen LogP contribution < -0.4 is 10.6 Å². The molecule has 2 amide bonds. The highest BCUT2D eigenvalue weighted by molar-refractivity contribution is 6.53. The molecule has 1 unspecified atom stereocenters. The van der Waals surface area contributed by atoms with Crippen LogP contribution in [0.25, 0.3) is 0 Å². The van der Waals surface area contributed by atoms with Gasteiger partial charge in [-0.05, 0) is 48.4 Å². The van der Waals surface area contributed by atoms with Gasteiger partial charge in [-0.1, -0.05) is 34.8 Å². The van der Waals surface area contributed by atoms with Crippen LogP contribution in [0.1, 0.15) is 34.7 Å². The van der Waals surface area contributed by atoms with Crippen LogP contribution in [0.3, 0.4) is 0 Å². The van der Waals surface area contributed by atoms with Crippen molar-refractivity contribution in [2.45, 2.75) is 35.1 Å². The Hall–Kier alpha value is -1.31. The Kier molecular flexibility index (Phi) is 6.31. The first-order valence-corrected chi connectivity index (χ1v) is 11.4. The molecule has 2 aliphatic rings. The van der Waals surface area contributed by atoms with Crippen LogP contribution in [0, 0.1) is 5.92 Å². The molecule has 2 aliphatic carbocycles. The molecule has 0 aliphatic heterocycles. The van der Waals surface area contributed by atoms with E-state index in [0.717, 1.165) is 0 Å². The van der Waals surface area contributed by atoms with E-state index in [2.05, 4.69) is 10.6 Å². The molecule has 170 valence electrons. The average molecular weight is 543 g/mol. The van der Waals surface area contributed by atoms with Crippen molar-refractivity contribution in [2.24, 2.45) is 5.92 Å². The Morgan fingerprint density at radius 2 is 1.66 bits per heavy atom. The van der Waals surface area contributed by atoms with Gasteiger partial charge in [0.2, 0.25) is 5.91 Å². The smallest absolute Gasteiger partial charge is 0.267 e. The fraction of sp³-hybridized carbons (Fsp3) is 0.333. The molecule has 4 nitrogen and oxygen atoms in total. The molecule has 0 bridgehead atoms. The number of nitrogens with one attached hydrogen (secondary N) is 2. The Labute approximate surface area is 207 Å². The minimum Gasteiger partial charge on any atom is -0.343 e. The number of halogens is 7. The van der Waals surface area contributed by atoms with Gasteiger partial charge in [-0.25, -0.2) is 8.78 Å². The summed E-state index contributed by atoms with van der Waals surface area (Å²) in [6.45, 7) is 0. The highest BCUT2D eigenvalue weighted by atomic mass is 35.5. The number of rotatable bonds is 5. The SMILES string of the molecule is O=C(NC1CCC1(F)F)c1cc(NC(=O)[C@H]2[C@H](c3cc(Cl)cc(Cl)c3)C2(Cl)Cl)ccc1Cl. The number of anilines is 1. The molecule has 3 atom stereocenters. The second kappa shape index (κ2) is 8.48. The van der Waals surface area contributed by atoms with Gasteiger partial charge in [-0.15, -0.1) is 23.2 Å². The molecule has 4 rings (SSSR count). The van der Waals surface area contributed by atoms with Crippen molar-refractivity contribution in [3.8, 4) is 0 Å². The summed E-state index contributed by atoms with van der Waals surface area (Å²) in [5.41, 5.74) is 0.818. The summed E-state index contributed by atoms with van der Waals surface area (Å²) in [6.07, 6.45) is -0.0995. The van der Waals surface area contributed by atoms with E-state index in [-0.39, 0.29) is 29.1 Å². The van der Waals surface area contributed by atoms with Crippen LogP contribution >= 0.6 is 58.0 Å². The maximum Gasteiger partial charge on any atom is 0.267 e. The highest BCUT2D eigenvalue weighted by Gasteiger charge is 2.67. The van der Waals surface area contributed by atoms with Gasteiger partial charge in [-0.3, -0.25) is 9.59 Å². The van der Waals surface area contributed by atoms with E-state index in [0.29, 0.717) is 15.6 Å². The van der Waals surface area contributed by atoms with Gasteiger partial charge in [0.25, 0.3) is 11.8 Å². The zero-order chi connectivity index (χ0) is 23.4. The first kappa shape index (κ1) is 23.8. The van der Waals surface area contributed by atoms with Gasteiger partial charge < -0.3 is 10.6 Å². The van der Waals surface area contributed by atoms with E-state index in [4.69, 9.17) is 58.0 Å². The predicted molar refractivity (Wildman–Crippen MR) is 123 cm³/mol. The number of hydrogen-bond donors (Lipinski definition) is 2. The molecule has 0 heterocycles. The molecule has 2 aromatic carbocycles. The summed E-state index contributed by atoms with van der Waals surface area (Å²) < 4.78 is 25.6. The lowest BCUT2D eigenvalue weighted by atomic mass is 9.87. The van der Waals surface area contributed by atoms with E-state index in [9.17, 15) is 18.4 Å². The van der Waals surface area contributed by atoms with E-state index in [1.165, 1.54) is 18.2 Å². The summed E-state index contributed by atoms with van der Waals surface area (Å²) in [6, 6.07) is 7.75. The van der Waals surface area contributed by atoms with Gasteiger partial charge in [0.15, 0.2) is 0 Å². The zero-order valence-corrected chi connectivity index (χ0v) is 19.9. The fourth-order valence-electron chi connectivity index (χ4n) is 3.74. The largest absolute Gasteiger partial charge is 0.343 e. The molecule has 2 saturated carbocycles. The molecule has 11 heteroatoms. The standard InChI is InChI=1S/C21H15Cl5F2N2O2/c22-10-5-9(6-11(23)7-10)16-17(21(16,25)26)19(32)29-12-1-2-14(24)13(8-12)18(31)30-15-3-4-20(15,27)28/h1-2,5-8,15-17H,3-4H2,(H,29,32)(H,30,31)/t15?,16-,17+/m0/s1. The van der Waals surface area contributed by atoms with Crippen LogP contribution in [-0.4, -0.2) is 28.1 Å². The molecule has 2 N–H and O–H groups in total. The summed E-state index contributed by atoms with van der Waals surface area (Å²) in [4.78, 5) is 25.3.